The summed E-state index contributed by atoms with van der Waals surface area (Å²) in [6.45, 7) is 0. The largest absolute Gasteiger partial charge is 0.309 e. The molecule has 0 aromatic rings. The van der Waals surface area contributed by atoms with Gasteiger partial charge in [-0.2, -0.15) is 0 Å². The van der Waals surface area contributed by atoms with Gasteiger partial charge in [0, 0.05) is 0 Å². The van der Waals surface area contributed by atoms with Crippen molar-refractivity contribution in [3.63, 3.8) is 0 Å². The number of hydrogen-bond donors (Lipinski definition) is 2. The summed E-state index contributed by atoms with van der Waals surface area (Å²) >= 11 is 0. The zero-order chi connectivity index (χ0) is 9.30. The highest BCUT2D eigenvalue weighted by molar-refractivity contribution is 7.81. The molecule has 1 rings (SSSR count). The van der Waals surface area contributed by atoms with E-state index in [2.05, 4.69) is 10.2 Å². The van der Waals surface area contributed by atoms with Crippen molar-refractivity contribution >= 4 is 27.3 Å². The Morgan fingerprint density at radius 3 is 1.83 bits per heavy atom. The zero-order valence-electron chi connectivity index (χ0n) is 5.33. The van der Waals surface area contributed by atoms with Crippen molar-refractivity contribution in [2.24, 2.45) is 10.2 Å². The summed E-state index contributed by atoms with van der Waals surface area (Å²) in [6.07, 6.45) is 0. The molecule has 0 spiro atoms. The minimum Gasteiger partial charge on any atom is -0.264 e. The first-order chi connectivity index (χ1) is 5.54. The third-order valence-electron chi connectivity index (χ3n) is 1.01. The molecule has 0 atom stereocenters. The molecule has 0 aromatic heterocycles. The molecule has 9 heteroatoms. The Morgan fingerprint density at radius 1 is 0.917 bits per heavy atom. The van der Waals surface area contributed by atoms with Crippen LogP contribution in [-0.4, -0.2) is 22.7 Å². The van der Waals surface area contributed by atoms with Crippen LogP contribution < -0.4 is 0 Å². The van der Waals surface area contributed by atoms with E-state index < -0.39 is 37.2 Å². The number of azo groups is 1. The standard InChI is InChI=1S/C3H2N2O5S2/c6-2-1(11(7)8)3(5-4-2)12(9)10/h11-12H. The van der Waals surface area contributed by atoms with Crippen molar-refractivity contribution in [1.82, 2.24) is 0 Å². The van der Waals surface area contributed by atoms with Gasteiger partial charge in [-0.15, -0.1) is 10.2 Å². The van der Waals surface area contributed by atoms with Gasteiger partial charge in [0.1, 0.15) is 0 Å². The fourth-order valence-corrected chi connectivity index (χ4v) is 1.85. The van der Waals surface area contributed by atoms with Gasteiger partial charge in [0.2, 0.25) is 0 Å². The number of rotatable bonds is 2. The van der Waals surface area contributed by atoms with E-state index >= 15 is 0 Å². The number of carbonyl (C=O) groups is 1. The van der Waals surface area contributed by atoms with Gasteiger partial charge in [-0.05, 0) is 0 Å². The molecule has 0 unspecified atom stereocenters. The smallest absolute Gasteiger partial charge is 0.264 e. The van der Waals surface area contributed by atoms with Crippen LogP contribution in [0.3, 0.4) is 0 Å². The van der Waals surface area contributed by atoms with Gasteiger partial charge >= 0.3 is 5.91 Å². The SMILES string of the molecule is O=C1N=NC([SH](=O)=O)=C1[SH](=O)=O. The molecule has 0 aliphatic carbocycles. The lowest BCUT2D eigenvalue weighted by molar-refractivity contribution is -0.113. The summed E-state index contributed by atoms with van der Waals surface area (Å²) in [5, 5.41) is 4.89. The lowest BCUT2D eigenvalue weighted by Crippen LogP contribution is -1.98. The number of amides is 1. The van der Waals surface area contributed by atoms with Crippen LogP contribution in [0.15, 0.2) is 20.2 Å². The van der Waals surface area contributed by atoms with Crippen LogP contribution in [0.5, 0.6) is 0 Å². The Bertz CT molecular complexity index is 400. The monoisotopic (exact) mass is 210 g/mol. The van der Waals surface area contributed by atoms with Crippen LogP contribution in [0.1, 0.15) is 0 Å². The van der Waals surface area contributed by atoms with Crippen molar-refractivity contribution < 1.29 is 21.6 Å². The summed E-state index contributed by atoms with van der Waals surface area (Å²) in [6, 6.07) is 0. The molecular weight excluding hydrogens is 208 g/mol. The van der Waals surface area contributed by atoms with E-state index in [1.165, 1.54) is 0 Å². The van der Waals surface area contributed by atoms with Gasteiger partial charge in [0.15, 0.2) is 31.3 Å². The Labute approximate surface area is 69.7 Å². The molecule has 66 valence electrons. The normalized spacial score (nSPS) is 17.0. The summed E-state index contributed by atoms with van der Waals surface area (Å²) in [5.74, 6) is -1.14. The van der Waals surface area contributed by atoms with Crippen molar-refractivity contribution in [3.05, 3.63) is 9.93 Å². The van der Waals surface area contributed by atoms with Gasteiger partial charge in [-0.25, -0.2) is 16.8 Å². The number of carbonyl (C=O) groups excluding carboxylic acids is 1. The third kappa shape index (κ3) is 1.41. The van der Waals surface area contributed by atoms with Gasteiger partial charge in [0.25, 0.3) is 0 Å². The van der Waals surface area contributed by atoms with Crippen molar-refractivity contribution in [2.75, 3.05) is 0 Å². The second-order valence-corrected chi connectivity index (χ2v) is 3.59. The maximum absolute atomic E-state index is 10.6. The molecular formula is C3H2N2O5S2. The average molecular weight is 210 g/mol. The predicted molar refractivity (Wildman–Crippen MR) is 37.5 cm³/mol. The highest BCUT2D eigenvalue weighted by Gasteiger charge is 2.25. The number of nitrogens with zero attached hydrogens (tertiary/aromatic N) is 2. The Hall–Kier alpha value is -1.09. The van der Waals surface area contributed by atoms with Gasteiger partial charge in [0.05, 0.1) is 0 Å². The predicted octanol–water partition coefficient (Wildman–Crippen LogP) is -1.63. The second kappa shape index (κ2) is 3.11. The first-order valence-corrected chi connectivity index (χ1v) is 4.88. The Balaban J connectivity index is 3.42. The molecule has 1 aliphatic rings. The van der Waals surface area contributed by atoms with E-state index in [-0.39, 0.29) is 0 Å². The fourth-order valence-electron chi connectivity index (χ4n) is 0.566. The molecule has 1 heterocycles. The summed E-state index contributed by atoms with van der Waals surface area (Å²) in [5.41, 5.74) is 0. The summed E-state index contributed by atoms with van der Waals surface area (Å²) < 4.78 is 41.1. The lowest BCUT2D eigenvalue weighted by Gasteiger charge is -1.83. The lowest BCUT2D eigenvalue weighted by atomic mass is 10.6. The van der Waals surface area contributed by atoms with Crippen molar-refractivity contribution in [2.45, 2.75) is 0 Å². The first kappa shape index (κ1) is 9.00. The molecule has 1 amide bonds. The molecule has 0 bridgehead atoms. The van der Waals surface area contributed by atoms with Crippen LogP contribution >= 0.6 is 0 Å². The summed E-state index contributed by atoms with van der Waals surface area (Å²) in [4.78, 5) is 9.70. The van der Waals surface area contributed by atoms with Crippen LogP contribution in [0, 0.1) is 0 Å². The van der Waals surface area contributed by atoms with Gasteiger partial charge < -0.3 is 0 Å². The van der Waals surface area contributed by atoms with E-state index in [1.54, 1.807) is 0 Å². The van der Waals surface area contributed by atoms with Crippen molar-refractivity contribution in [1.29, 1.82) is 0 Å². The quantitative estimate of drug-likeness (QED) is 0.532. The minimum absolute atomic E-state index is 0.786. The summed E-state index contributed by atoms with van der Waals surface area (Å²) in [7, 11) is -6.44. The van der Waals surface area contributed by atoms with Crippen LogP contribution in [-0.2, 0) is 26.2 Å². The second-order valence-electron chi connectivity index (χ2n) is 1.69. The molecule has 0 aromatic carbocycles. The fraction of sp³-hybridized carbons (Fsp3) is 0. The van der Waals surface area contributed by atoms with E-state index in [0.29, 0.717) is 0 Å². The Morgan fingerprint density at radius 2 is 1.50 bits per heavy atom. The molecule has 0 N–H and O–H groups in total. The van der Waals surface area contributed by atoms with E-state index in [1.807, 2.05) is 0 Å². The molecule has 7 nitrogen and oxygen atoms in total. The van der Waals surface area contributed by atoms with E-state index in [4.69, 9.17) is 0 Å². The van der Waals surface area contributed by atoms with Crippen LogP contribution in [0.25, 0.3) is 0 Å². The topological polar surface area (TPSA) is 110 Å². The molecule has 0 fully saturated rings. The van der Waals surface area contributed by atoms with Crippen LogP contribution in [0.4, 0.5) is 0 Å². The number of thiol groups is 2. The van der Waals surface area contributed by atoms with E-state index in [0.717, 1.165) is 0 Å². The highest BCUT2D eigenvalue weighted by atomic mass is 32.2. The van der Waals surface area contributed by atoms with E-state index in [9.17, 15) is 21.6 Å². The molecule has 0 saturated carbocycles. The molecule has 1 aliphatic heterocycles. The third-order valence-corrected chi connectivity index (χ3v) is 2.61. The van der Waals surface area contributed by atoms with Gasteiger partial charge in [-0.1, -0.05) is 0 Å². The van der Waals surface area contributed by atoms with Gasteiger partial charge in [-0.3, -0.25) is 4.79 Å². The molecule has 0 saturated heterocycles. The first-order valence-electron chi connectivity index (χ1n) is 2.53. The highest BCUT2D eigenvalue weighted by Crippen LogP contribution is 2.17. The maximum Gasteiger partial charge on any atom is 0.309 e. The Kier molecular flexibility index (Phi) is 2.33. The molecule has 0 radical (unpaired) electrons. The average Bonchev–Trinajstić information content (AvgIpc) is 2.30. The van der Waals surface area contributed by atoms with Crippen molar-refractivity contribution in [3.8, 4) is 0 Å². The van der Waals surface area contributed by atoms with Crippen LogP contribution in [0.2, 0.25) is 0 Å². The molecule has 12 heavy (non-hydrogen) atoms. The maximum atomic E-state index is 10.6. The zero-order valence-corrected chi connectivity index (χ0v) is 7.12. The number of hydrogen-bond acceptors (Lipinski definition) is 6. The minimum atomic E-state index is -3.25.